The van der Waals surface area contributed by atoms with Crippen LogP contribution in [0.15, 0.2) is 51.8 Å². The lowest BCUT2D eigenvalue weighted by Gasteiger charge is -2.13. The molecule has 0 spiro atoms. The van der Waals surface area contributed by atoms with Crippen molar-refractivity contribution in [2.24, 2.45) is 0 Å². The molecule has 0 amide bonds. The van der Waals surface area contributed by atoms with E-state index in [0.717, 1.165) is 20.8 Å². The molecule has 0 atom stereocenters. The lowest BCUT2D eigenvalue weighted by molar-refractivity contribution is 0.104. The Balaban J connectivity index is 2.21. The third-order valence-corrected chi connectivity index (χ3v) is 6.47. The van der Waals surface area contributed by atoms with Crippen molar-refractivity contribution in [2.45, 2.75) is 18.2 Å². The van der Waals surface area contributed by atoms with Crippen molar-refractivity contribution < 1.29 is 22.7 Å². The van der Waals surface area contributed by atoms with Crippen LogP contribution < -0.4 is 9.47 Å². The molecule has 2 rings (SSSR count). The molecule has 0 saturated heterocycles. The van der Waals surface area contributed by atoms with Gasteiger partial charge in [0.2, 0.25) is 10.0 Å². The van der Waals surface area contributed by atoms with Crippen LogP contribution in [0, 0.1) is 0 Å². The number of carbonyl (C=O) groups excluding carboxylic acids is 1. The number of rotatable bonds is 9. The molecule has 0 bridgehead atoms. The first-order valence-corrected chi connectivity index (χ1v) is 11.2. The first kappa shape index (κ1) is 23.1. The highest BCUT2D eigenvalue weighted by atomic mass is 79.9. The predicted molar refractivity (Wildman–Crippen MR) is 117 cm³/mol. The largest absolute Gasteiger partial charge is 0.493 e. The summed E-state index contributed by atoms with van der Waals surface area (Å²) in [6, 6.07) is 9.48. The molecule has 2 aromatic rings. The fraction of sp³-hybridized carbons (Fsp3) is 0.286. The van der Waals surface area contributed by atoms with E-state index in [-0.39, 0.29) is 10.7 Å². The summed E-state index contributed by atoms with van der Waals surface area (Å²) in [6.07, 6.45) is 3.98. The molecule has 0 aliphatic rings. The van der Waals surface area contributed by atoms with E-state index < -0.39 is 10.0 Å². The number of sulfonamides is 1. The van der Waals surface area contributed by atoms with Crippen molar-refractivity contribution >= 4 is 37.8 Å². The van der Waals surface area contributed by atoms with Crippen LogP contribution in [0.4, 0.5) is 0 Å². The molecular weight excluding hydrogens is 458 g/mol. The number of halogens is 1. The molecule has 2 aromatic carbocycles. The highest BCUT2D eigenvalue weighted by Gasteiger charge is 2.17. The second-order valence-corrected chi connectivity index (χ2v) is 9.40. The molecule has 29 heavy (non-hydrogen) atoms. The highest BCUT2D eigenvalue weighted by molar-refractivity contribution is 9.10. The normalized spacial score (nSPS) is 11.8. The molecule has 6 nitrogen and oxygen atoms in total. The monoisotopic (exact) mass is 481 g/mol. The molecule has 0 unspecified atom stereocenters. The number of hydrogen-bond donors (Lipinski definition) is 0. The standard InChI is InChI=1S/C21H24BrNO5S/c1-5-12-28-21-18(22)13-15(14-20(21)27-4)6-11-19(24)16-7-9-17(10-8-16)29(25,26)23(2)3/h6-11,13-14H,5,12H2,1-4H3/b11-6+. The Labute approximate surface area is 180 Å². The number of methoxy groups -OCH3 is 1. The molecule has 156 valence electrons. The summed E-state index contributed by atoms with van der Waals surface area (Å²) in [5.41, 5.74) is 1.16. The molecular formula is C21H24BrNO5S. The van der Waals surface area contributed by atoms with Crippen molar-refractivity contribution in [3.05, 3.63) is 58.1 Å². The van der Waals surface area contributed by atoms with Gasteiger partial charge < -0.3 is 9.47 Å². The fourth-order valence-electron chi connectivity index (χ4n) is 2.45. The van der Waals surface area contributed by atoms with Gasteiger partial charge in [-0.15, -0.1) is 0 Å². The molecule has 0 fully saturated rings. The Morgan fingerprint density at radius 3 is 2.38 bits per heavy atom. The first-order valence-electron chi connectivity index (χ1n) is 8.96. The van der Waals surface area contributed by atoms with Gasteiger partial charge in [0.25, 0.3) is 0 Å². The number of allylic oxidation sites excluding steroid dienone is 1. The molecule has 0 radical (unpaired) electrons. The maximum Gasteiger partial charge on any atom is 0.242 e. The van der Waals surface area contributed by atoms with Crippen LogP contribution in [0.5, 0.6) is 11.5 Å². The first-order chi connectivity index (χ1) is 13.7. The summed E-state index contributed by atoms with van der Waals surface area (Å²) >= 11 is 3.47. The van der Waals surface area contributed by atoms with Crippen LogP contribution in [-0.4, -0.2) is 46.3 Å². The third-order valence-electron chi connectivity index (χ3n) is 4.05. The van der Waals surface area contributed by atoms with Crippen molar-refractivity contribution in [3.8, 4) is 11.5 Å². The van der Waals surface area contributed by atoms with Crippen LogP contribution in [0.1, 0.15) is 29.3 Å². The number of nitrogens with zero attached hydrogens (tertiary/aromatic N) is 1. The van der Waals surface area contributed by atoms with Gasteiger partial charge in [0, 0.05) is 19.7 Å². The second kappa shape index (κ2) is 10.0. The minimum absolute atomic E-state index is 0.138. The van der Waals surface area contributed by atoms with Gasteiger partial charge in [-0.05, 0) is 70.4 Å². The van der Waals surface area contributed by atoms with Gasteiger partial charge in [-0.2, -0.15) is 0 Å². The second-order valence-electron chi connectivity index (χ2n) is 6.39. The lowest BCUT2D eigenvalue weighted by atomic mass is 10.1. The van der Waals surface area contributed by atoms with Crippen molar-refractivity contribution in [1.82, 2.24) is 4.31 Å². The summed E-state index contributed by atoms with van der Waals surface area (Å²) in [7, 11) is 0.954. The topological polar surface area (TPSA) is 72.9 Å². The Morgan fingerprint density at radius 1 is 1.17 bits per heavy atom. The van der Waals surface area contributed by atoms with Gasteiger partial charge in [-0.3, -0.25) is 4.79 Å². The third kappa shape index (κ3) is 5.68. The van der Waals surface area contributed by atoms with E-state index in [1.54, 1.807) is 19.3 Å². The summed E-state index contributed by atoms with van der Waals surface area (Å²) < 4.78 is 37.2. The van der Waals surface area contributed by atoms with E-state index in [2.05, 4.69) is 15.9 Å². The van der Waals surface area contributed by atoms with Gasteiger partial charge >= 0.3 is 0 Å². The highest BCUT2D eigenvalue weighted by Crippen LogP contribution is 2.37. The summed E-state index contributed by atoms with van der Waals surface area (Å²) in [5.74, 6) is 0.953. The molecule has 0 aliphatic carbocycles. The Bertz CT molecular complexity index is 998. The van der Waals surface area contributed by atoms with Gasteiger partial charge in [-0.1, -0.05) is 13.0 Å². The fourth-order valence-corrected chi connectivity index (χ4v) is 3.93. The number of ether oxygens (including phenoxy) is 2. The Morgan fingerprint density at radius 2 is 1.83 bits per heavy atom. The van der Waals surface area contributed by atoms with E-state index in [4.69, 9.17) is 9.47 Å². The van der Waals surface area contributed by atoms with Gasteiger partial charge in [0.05, 0.1) is 23.1 Å². The van der Waals surface area contributed by atoms with Gasteiger partial charge in [0.15, 0.2) is 17.3 Å². The zero-order valence-corrected chi connectivity index (χ0v) is 19.2. The van der Waals surface area contributed by atoms with E-state index in [9.17, 15) is 13.2 Å². The molecule has 0 heterocycles. The van der Waals surface area contributed by atoms with Gasteiger partial charge in [-0.25, -0.2) is 12.7 Å². The maximum atomic E-state index is 12.4. The van der Waals surface area contributed by atoms with Crippen molar-refractivity contribution in [3.63, 3.8) is 0 Å². The number of benzene rings is 2. The Kier molecular flexibility index (Phi) is 8.01. The van der Waals surface area contributed by atoms with Gasteiger partial charge in [0.1, 0.15) is 0 Å². The predicted octanol–water partition coefficient (Wildman–Crippen LogP) is 4.39. The Hall–Kier alpha value is -2.16. The number of hydrogen-bond acceptors (Lipinski definition) is 5. The van der Waals surface area contributed by atoms with Crippen LogP contribution in [0.3, 0.4) is 0 Å². The van der Waals surface area contributed by atoms with E-state index in [1.807, 2.05) is 13.0 Å². The van der Waals surface area contributed by atoms with Crippen LogP contribution in [-0.2, 0) is 10.0 Å². The minimum Gasteiger partial charge on any atom is -0.493 e. The molecule has 0 aliphatic heterocycles. The minimum atomic E-state index is -3.52. The van der Waals surface area contributed by atoms with Crippen molar-refractivity contribution in [1.29, 1.82) is 0 Å². The quantitative estimate of drug-likeness (QED) is 0.392. The van der Waals surface area contributed by atoms with E-state index in [1.165, 1.54) is 44.4 Å². The van der Waals surface area contributed by atoms with E-state index >= 15 is 0 Å². The van der Waals surface area contributed by atoms with Crippen molar-refractivity contribution in [2.75, 3.05) is 27.8 Å². The van der Waals surface area contributed by atoms with E-state index in [0.29, 0.717) is 23.7 Å². The van der Waals surface area contributed by atoms with Crippen LogP contribution >= 0.6 is 15.9 Å². The molecule has 0 saturated carbocycles. The number of carbonyl (C=O) groups is 1. The molecule has 0 N–H and O–H groups in total. The lowest BCUT2D eigenvalue weighted by Crippen LogP contribution is -2.22. The van der Waals surface area contributed by atoms with Crippen LogP contribution in [0.25, 0.3) is 6.08 Å². The molecule has 0 aromatic heterocycles. The summed E-state index contributed by atoms with van der Waals surface area (Å²) in [6.45, 7) is 2.59. The maximum absolute atomic E-state index is 12.4. The number of ketones is 1. The summed E-state index contributed by atoms with van der Waals surface area (Å²) in [5, 5.41) is 0. The summed E-state index contributed by atoms with van der Waals surface area (Å²) in [4.78, 5) is 12.6. The average molecular weight is 482 g/mol. The van der Waals surface area contributed by atoms with Crippen LogP contribution in [0.2, 0.25) is 0 Å². The average Bonchev–Trinajstić information content (AvgIpc) is 2.70. The smallest absolute Gasteiger partial charge is 0.242 e. The zero-order valence-electron chi connectivity index (χ0n) is 16.8. The zero-order chi connectivity index (χ0) is 21.6. The molecule has 8 heteroatoms. The SMILES string of the molecule is CCCOc1c(Br)cc(/C=C/C(=O)c2ccc(S(=O)(=O)N(C)C)cc2)cc1OC.